The van der Waals surface area contributed by atoms with Gasteiger partial charge in [0.15, 0.2) is 0 Å². The number of rotatable bonds is 10. The van der Waals surface area contributed by atoms with Crippen molar-refractivity contribution in [2.24, 2.45) is 0 Å². The lowest BCUT2D eigenvalue weighted by Crippen LogP contribution is -2.24. The second-order valence-corrected chi connectivity index (χ2v) is 15.4. The number of aromatic nitrogens is 6. The first-order valence-corrected chi connectivity index (χ1v) is 19.0. The van der Waals surface area contributed by atoms with E-state index in [9.17, 15) is 0 Å². The van der Waals surface area contributed by atoms with E-state index in [1.54, 1.807) is 22.7 Å². The average Bonchev–Trinajstić information content (AvgIpc) is 3.97. The van der Waals surface area contributed by atoms with E-state index in [0.717, 1.165) is 116 Å². The number of nitrogens with zero attached hydrogens (tertiary/aromatic N) is 6. The Bertz CT molecular complexity index is 2100. The van der Waals surface area contributed by atoms with E-state index in [0.29, 0.717) is 0 Å². The van der Waals surface area contributed by atoms with Gasteiger partial charge in [-0.3, -0.25) is 0 Å². The first-order valence-electron chi connectivity index (χ1n) is 17.3. The van der Waals surface area contributed by atoms with Crippen molar-refractivity contribution in [1.82, 2.24) is 39.7 Å². The lowest BCUT2D eigenvalue weighted by atomic mass is 10.1. The van der Waals surface area contributed by atoms with E-state index in [-0.39, 0.29) is 12.1 Å². The van der Waals surface area contributed by atoms with E-state index in [2.05, 4.69) is 106 Å². The van der Waals surface area contributed by atoms with Crippen LogP contribution >= 0.6 is 22.7 Å². The van der Waals surface area contributed by atoms with Crippen LogP contribution in [0.4, 0.5) is 0 Å². The van der Waals surface area contributed by atoms with Crippen molar-refractivity contribution in [2.45, 2.75) is 50.6 Å². The molecule has 8 nitrogen and oxygen atoms in total. The summed E-state index contributed by atoms with van der Waals surface area (Å²) in [6.07, 6.45) is 9.94. The van der Waals surface area contributed by atoms with Crippen LogP contribution in [0.2, 0.25) is 0 Å². The van der Waals surface area contributed by atoms with E-state index in [1.165, 1.54) is 11.1 Å². The number of nitrogens with one attached hydrogen (secondary N) is 2. The first-order chi connectivity index (χ1) is 24.6. The van der Waals surface area contributed by atoms with E-state index in [1.807, 2.05) is 12.4 Å². The van der Waals surface area contributed by atoms with Crippen LogP contribution in [0.15, 0.2) is 110 Å². The molecule has 9 rings (SSSR count). The number of allylic oxidation sites excluding steroid dienone is 2. The number of hydrogen-bond donors (Lipinski definition) is 2. The third kappa shape index (κ3) is 5.92. The van der Waals surface area contributed by atoms with Gasteiger partial charge in [0.2, 0.25) is 0 Å². The zero-order valence-electron chi connectivity index (χ0n) is 27.8. The number of thiazole rings is 2. The summed E-state index contributed by atoms with van der Waals surface area (Å²) in [7, 11) is 0. The van der Waals surface area contributed by atoms with E-state index >= 15 is 0 Å². The van der Waals surface area contributed by atoms with Crippen LogP contribution in [-0.4, -0.2) is 52.8 Å². The molecule has 0 bridgehead atoms. The van der Waals surface area contributed by atoms with Crippen molar-refractivity contribution in [2.75, 3.05) is 13.1 Å². The van der Waals surface area contributed by atoms with Gasteiger partial charge in [0, 0.05) is 37.3 Å². The molecular formula is C40H38N8S2. The fraction of sp³-hybridized carbons (Fsp3) is 0.250. The Kier molecular flexibility index (Phi) is 8.05. The lowest BCUT2D eigenvalue weighted by molar-refractivity contribution is 0.311. The highest BCUT2D eigenvalue weighted by Crippen LogP contribution is 2.39. The smallest absolute Gasteiger partial charge is 0.142 e. The van der Waals surface area contributed by atoms with Gasteiger partial charge in [-0.25, -0.2) is 19.9 Å². The molecule has 10 heteroatoms. The van der Waals surface area contributed by atoms with Crippen molar-refractivity contribution < 1.29 is 0 Å². The first kappa shape index (κ1) is 31.0. The molecule has 2 saturated heterocycles. The Hall–Kier alpha value is -5.06. The molecule has 0 spiro atoms. The molecule has 3 aromatic carbocycles. The fourth-order valence-electron chi connectivity index (χ4n) is 7.53. The largest absolute Gasteiger partial charge is 0.365 e. The normalized spacial score (nSPS) is 17.8. The number of imidazole rings is 2. The van der Waals surface area contributed by atoms with Crippen molar-refractivity contribution in [3.8, 4) is 21.4 Å². The van der Waals surface area contributed by atoms with Gasteiger partial charge >= 0.3 is 0 Å². The molecular weight excluding hydrogens is 657 g/mol. The van der Waals surface area contributed by atoms with Crippen LogP contribution in [0.3, 0.4) is 0 Å². The molecule has 0 amide bonds. The molecule has 2 N–H and O–H groups in total. The van der Waals surface area contributed by atoms with Gasteiger partial charge < -0.3 is 19.8 Å². The number of aromatic amines is 2. The molecule has 0 aliphatic carbocycles. The molecule has 250 valence electrons. The maximum atomic E-state index is 5.04. The van der Waals surface area contributed by atoms with Crippen LogP contribution in [0, 0.1) is 0 Å². The molecule has 6 heterocycles. The zero-order chi connectivity index (χ0) is 33.6. The van der Waals surface area contributed by atoms with Crippen LogP contribution in [0.5, 0.6) is 0 Å². The SMILES string of the molecule is C=C(Cc1ccccc1)N1CCC[C@H]1c1ncc(-c2nc3cc4sc(-c5cnc([C@@H]6CCCN6C(=C)Cc6ccccc6)[nH]5)nc4cc3s2)[nH]1. The number of hydrogen-bond acceptors (Lipinski definition) is 8. The highest BCUT2D eigenvalue weighted by atomic mass is 32.1. The summed E-state index contributed by atoms with van der Waals surface area (Å²) in [5.74, 6) is 1.97. The third-order valence-electron chi connectivity index (χ3n) is 10.0. The van der Waals surface area contributed by atoms with Gasteiger partial charge in [0.25, 0.3) is 0 Å². The second-order valence-electron chi connectivity index (χ2n) is 13.3. The van der Waals surface area contributed by atoms with Gasteiger partial charge in [-0.1, -0.05) is 73.8 Å². The lowest BCUT2D eigenvalue weighted by Gasteiger charge is -2.27. The van der Waals surface area contributed by atoms with Crippen LogP contribution in [-0.2, 0) is 12.8 Å². The molecule has 2 fully saturated rings. The number of fused-ring (bicyclic) bond motifs is 2. The maximum absolute atomic E-state index is 5.04. The van der Waals surface area contributed by atoms with Gasteiger partial charge in [-0.15, -0.1) is 22.7 Å². The molecule has 0 saturated carbocycles. The van der Waals surface area contributed by atoms with E-state index < -0.39 is 0 Å². The monoisotopic (exact) mass is 694 g/mol. The van der Waals surface area contributed by atoms with Crippen LogP contribution < -0.4 is 0 Å². The topological polar surface area (TPSA) is 89.6 Å². The minimum Gasteiger partial charge on any atom is -0.365 e. The molecule has 0 radical (unpaired) electrons. The second kappa shape index (κ2) is 13.0. The standard InChI is InChI=1S/C40H38N8S2/c1-25(19-27-11-5-3-6-12-27)47-17-9-15-33(47)37-41-23-31(43-37)39-45-29-21-36-30(22-35(29)49-39)46-40(50-36)32-24-42-38(44-32)34-16-10-18-48(34)26(2)20-28-13-7-4-8-14-28/h3-8,11-14,21-24,33-34H,1-2,9-10,15-20H2,(H,41,43)(H,42,44)/t33-,34-/m0/s1. The Morgan fingerprint density at radius 3 is 1.54 bits per heavy atom. The molecule has 2 aliphatic rings. The van der Waals surface area contributed by atoms with Crippen LogP contribution in [0.25, 0.3) is 41.8 Å². The van der Waals surface area contributed by atoms with Gasteiger partial charge in [0.1, 0.15) is 21.7 Å². The highest BCUT2D eigenvalue weighted by Gasteiger charge is 2.31. The summed E-state index contributed by atoms with van der Waals surface area (Å²) >= 11 is 3.35. The number of benzene rings is 3. The van der Waals surface area contributed by atoms with Crippen molar-refractivity contribution in [3.63, 3.8) is 0 Å². The molecule has 2 aliphatic heterocycles. The van der Waals surface area contributed by atoms with Gasteiger partial charge in [-0.05, 0) is 48.9 Å². The Morgan fingerprint density at radius 1 is 0.660 bits per heavy atom. The summed E-state index contributed by atoms with van der Waals surface area (Å²) in [5.41, 5.74) is 8.71. The van der Waals surface area contributed by atoms with Gasteiger partial charge in [-0.2, -0.15) is 0 Å². The predicted molar refractivity (Wildman–Crippen MR) is 204 cm³/mol. The minimum absolute atomic E-state index is 0.204. The van der Waals surface area contributed by atoms with Gasteiger partial charge in [0.05, 0.1) is 56.3 Å². The molecule has 0 unspecified atom stereocenters. The fourth-order valence-corrected chi connectivity index (χ4v) is 9.43. The predicted octanol–water partition coefficient (Wildman–Crippen LogP) is 9.47. The molecule has 7 aromatic rings. The number of likely N-dealkylation sites (tertiary alicyclic amines) is 2. The summed E-state index contributed by atoms with van der Waals surface area (Å²) in [5, 5.41) is 1.88. The molecule has 50 heavy (non-hydrogen) atoms. The molecule has 2 atom stereocenters. The highest BCUT2D eigenvalue weighted by molar-refractivity contribution is 7.23. The third-order valence-corrected chi connectivity index (χ3v) is 12.1. The minimum atomic E-state index is 0.204. The average molecular weight is 695 g/mol. The van der Waals surface area contributed by atoms with Crippen molar-refractivity contribution in [3.05, 3.63) is 133 Å². The number of H-pyrrole nitrogens is 2. The Morgan fingerprint density at radius 2 is 1.10 bits per heavy atom. The zero-order valence-corrected chi connectivity index (χ0v) is 29.4. The maximum Gasteiger partial charge on any atom is 0.142 e. The van der Waals surface area contributed by atoms with Crippen molar-refractivity contribution >= 4 is 43.1 Å². The van der Waals surface area contributed by atoms with Crippen LogP contribution in [0.1, 0.15) is 60.5 Å². The van der Waals surface area contributed by atoms with Crippen molar-refractivity contribution in [1.29, 1.82) is 0 Å². The summed E-state index contributed by atoms with van der Waals surface area (Å²) in [6.45, 7) is 10.9. The summed E-state index contributed by atoms with van der Waals surface area (Å²) in [6, 6.07) is 25.9. The Balaban J connectivity index is 0.911. The van der Waals surface area contributed by atoms with E-state index in [4.69, 9.17) is 19.9 Å². The quantitative estimate of drug-likeness (QED) is 0.148. The summed E-state index contributed by atoms with van der Waals surface area (Å²) in [4.78, 5) is 31.8. The summed E-state index contributed by atoms with van der Waals surface area (Å²) < 4.78 is 2.23. The molecule has 4 aromatic heterocycles. The Labute approximate surface area is 299 Å².